The Hall–Kier alpha value is -1.83. The van der Waals surface area contributed by atoms with E-state index in [1.165, 1.54) is 7.11 Å². The lowest BCUT2D eigenvalue weighted by Gasteiger charge is -2.20. The Bertz CT molecular complexity index is 332. The van der Waals surface area contributed by atoms with Gasteiger partial charge in [0.25, 0.3) is 0 Å². The molecular formula is C11H21N3O5. The van der Waals surface area contributed by atoms with Crippen LogP contribution in [0.2, 0.25) is 0 Å². The number of amides is 3. The molecule has 0 radical (unpaired) electrons. The van der Waals surface area contributed by atoms with E-state index in [9.17, 15) is 14.4 Å². The molecule has 0 aliphatic rings. The first-order valence-corrected chi connectivity index (χ1v) is 5.87. The van der Waals surface area contributed by atoms with Crippen LogP contribution in [0.1, 0.15) is 20.3 Å². The van der Waals surface area contributed by atoms with Gasteiger partial charge in [0.15, 0.2) is 6.10 Å². The smallest absolute Gasteiger partial charge is 0.334 e. The van der Waals surface area contributed by atoms with Crippen LogP contribution >= 0.6 is 0 Å². The molecule has 8 heteroatoms. The zero-order valence-corrected chi connectivity index (χ0v) is 11.3. The second kappa shape index (κ2) is 8.30. The minimum atomic E-state index is -1.17. The number of methoxy groups -OCH3 is 1. The van der Waals surface area contributed by atoms with Gasteiger partial charge in [0.2, 0.25) is 5.91 Å². The molecule has 0 aromatic rings. The maximum Gasteiger partial charge on any atom is 0.334 e. The molecule has 19 heavy (non-hydrogen) atoms. The van der Waals surface area contributed by atoms with Crippen LogP contribution in [0.15, 0.2) is 0 Å². The number of primary amides is 1. The summed E-state index contributed by atoms with van der Waals surface area (Å²) in [5.74, 6) is -1.50. The summed E-state index contributed by atoms with van der Waals surface area (Å²) in [6.07, 6.45) is -0.725. The molecule has 0 fully saturated rings. The third-order valence-electron chi connectivity index (χ3n) is 2.36. The number of carbonyl (C=O) groups excluding carboxylic acids is 2. The fraction of sp³-hybridized carbons (Fsp3) is 0.727. The first-order valence-electron chi connectivity index (χ1n) is 5.87. The quantitative estimate of drug-likeness (QED) is 0.464. The SMILES string of the molecule is COC(CNC(=O)C(CC(C)C)NC(N)=O)C(=O)O. The van der Waals surface area contributed by atoms with Gasteiger partial charge in [-0.25, -0.2) is 9.59 Å². The van der Waals surface area contributed by atoms with Crippen LogP contribution in [0.5, 0.6) is 0 Å². The number of hydrogen-bond acceptors (Lipinski definition) is 4. The number of nitrogens with two attached hydrogens (primary N) is 1. The first-order chi connectivity index (χ1) is 8.77. The molecule has 0 bridgehead atoms. The van der Waals surface area contributed by atoms with Gasteiger partial charge in [-0.15, -0.1) is 0 Å². The van der Waals surface area contributed by atoms with E-state index in [0.29, 0.717) is 6.42 Å². The predicted molar refractivity (Wildman–Crippen MR) is 67.4 cm³/mol. The van der Waals surface area contributed by atoms with E-state index in [0.717, 1.165) is 0 Å². The lowest BCUT2D eigenvalue weighted by molar-refractivity contribution is -0.148. The van der Waals surface area contributed by atoms with Crippen molar-refractivity contribution in [3.63, 3.8) is 0 Å². The summed E-state index contributed by atoms with van der Waals surface area (Å²) in [4.78, 5) is 33.3. The van der Waals surface area contributed by atoms with Crippen molar-refractivity contribution in [1.29, 1.82) is 0 Å². The summed E-state index contributed by atoms with van der Waals surface area (Å²) in [6, 6.07) is -1.59. The Labute approximate surface area is 111 Å². The van der Waals surface area contributed by atoms with Crippen LogP contribution in [-0.4, -0.2) is 48.8 Å². The Morgan fingerprint density at radius 2 is 1.89 bits per heavy atom. The average Bonchev–Trinajstić information content (AvgIpc) is 2.26. The molecule has 0 aromatic carbocycles. The molecule has 2 unspecified atom stereocenters. The third kappa shape index (κ3) is 7.24. The minimum absolute atomic E-state index is 0.167. The van der Waals surface area contributed by atoms with E-state index in [4.69, 9.17) is 10.8 Å². The summed E-state index contributed by atoms with van der Waals surface area (Å²) >= 11 is 0. The summed E-state index contributed by atoms with van der Waals surface area (Å²) in [6.45, 7) is 3.59. The van der Waals surface area contributed by atoms with Crippen LogP contribution in [0.25, 0.3) is 0 Å². The van der Waals surface area contributed by atoms with Crippen LogP contribution in [0.4, 0.5) is 4.79 Å². The summed E-state index contributed by atoms with van der Waals surface area (Å²) in [7, 11) is 1.23. The van der Waals surface area contributed by atoms with E-state index in [1.807, 2.05) is 13.8 Å². The van der Waals surface area contributed by atoms with Gasteiger partial charge in [0.1, 0.15) is 6.04 Å². The predicted octanol–water partition coefficient (Wildman–Crippen LogP) is -0.715. The maximum atomic E-state index is 11.8. The number of nitrogens with one attached hydrogen (secondary N) is 2. The van der Waals surface area contributed by atoms with E-state index in [-0.39, 0.29) is 12.5 Å². The van der Waals surface area contributed by atoms with Crippen molar-refractivity contribution in [2.75, 3.05) is 13.7 Å². The lowest BCUT2D eigenvalue weighted by atomic mass is 10.0. The van der Waals surface area contributed by atoms with Crippen molar-refractivity contribution < 1.29 is 24.2 Å². The standard InChI is InChI=1S/C11H21N3O5/c1-6(2)4-7(14-11(12)18)9(15)13-5-8(19-3)10(16)17/h6-8H,4-5H2,1-3H3,(H,13,15)(H,16,17)(H3,12,14,18). The highest BCUT2D eigenvalue weighted by Crippen LogP contribution is 2.05. The highest BCUT2D eigenvalue weighted by atomic mass is 16.5. The lowest BCUT2D eigenvalue weighted by Crippen LogP contribution is -2.51. The van der Waals surface area contributed by atoms with E-state index >= 15 is 0 Å². The largest absolute Gasteiger partial charge is 0.479 e. The molecule has 0 heterocycles. The monoisotopic (exact) mass is 275 g/mol. The molecule has 110 valence electrons. The first kappa shape index (κ1) is 17.2. The molecule has 0 saturated heterocycles. The normalized spacial score (nSPS) is 13.7. The molecule has 8 nitrogen and oxygen atoms in total. The third-order valence-corrected chi connectivity index (χ3v) is 2.36. The van der Waals surface area contributed by atoms with Crippen LogP contribution in [0, 0.1) is 5.92 Å². The number of carboxylic acids is 1. The number of rotatable bonds is 8. The zero-order chi connectivity index (χ0) is 15.0. The molecule has 0 saturated carbocycles. The highest BCUT2D eigenvalue weighted by Gasteiger charge is 2.23. The fourth-order valence-electron chi connectivity index (χ4n) is 1.46. The van der Waals surface area contributed by atoms with Gasteiger partial charge in [-0.3, -0.25) is 4.79 Å². The molecule has 3 amide bonds. The molecule has 0 rings (SSSR count). The highest BCUT2D eigenvalue weighted by molar-refractivity contribution is 5.87. The molecule has 0 spiro atoms. The molecule has 0 aromatic heterocycles. The molecular weight excluding hydrogens is 254 g/mol. The number of hydrogen-bond donors (Lipinski definition) is 4. The second-order valence-corrected chi connectivity index (χ2v) is 4.50. The van der Waals surface area contributed by atoms with Crippen molar-refractivity contribution in [1.82, 2.24) is 10.6 Å². The molecule has 0 aliphatic heterocycles. The summed E-state index contributed by atoms with van der Waals surface area (Å²) in [5.41, 5.74) is 4.99. The average molecular weight is 275 g/mol. The van der Waals surface area contributed by atoms with Crippen LogP contribution in [0.3, 0.4) is 0 Å². The van der Waals surface area contributed by atoms with Crippen molar-refractivity contribution >= 4 is 17.9 Å². The molecule has 2 atom stereocenters. The van der Waals surface area contributed by atoms with Gasteiger partial charge in [-0.2, -0.15) is 0 Å². The Kier molecular flexibility index (Phi) is 7.50. The summed E-state index contributed by atoms with van der Waals surface area (Å²) in [5, 5.41) is 13.5. The topological polar surface area (TPSA) is 131 Å². The number of aliphatic carboxylic acids is 1. The number of urea groups is 1. The Morgan fingerprint density at radius 3 is 2.26 bits per heavy atom. The van der Waals surface area contributed by atoms with Crippen molar-refractivity contribution in [2.24, 2.45) is 11.7 Å². The zero-order valence-electron chi connectivity index (χ0n) is 11.3. The van der Waals surface area contributed by atoms with Gasteiger partial charge >= 0.3 is 12.0 Å². The maximum absolute atomic E-state index is 11.8. The fourth-order valence-corrected chi connectivity index (χ4v) is 1.46. The van der Waals surface area contributed by atoms with E-state index in [2.05, 4.69) is 15.4 Å². The number of carboxylic acid groups (broad SMARTS) is 1. The van der Waals surface area contributed by atoms with Gasteiger partial charge in [0.05, 0.1) is 6.54 Å². The van der Waals surface area contributed by atoms with Crippen molar-refractivity contribution in [3.8, 4) is 0 Å². The second-order valence-electron chi connectivity index (χ2n) is 4.50. The Balaban J connectivity index is 4.46. The summed E-state index contributed by atoms with van der Waals surface area (Å²) < 4.78 is 4.68. The molecule has 5 N–H and O–H groups in total. The van der Waals surface area contributed by atoms with E-state index in [1.54, 1.807) is 0 Å². The van der Waals surface area contributed by atoms with Gasteiger partial charge in [-0.05, 0) is 12.3 Å². The van der Waals surface area contributed by atoms with Crippen molar-refractivity contribution in [2.45, 2.75) is 32.4 Å². The Morgan fingerprint density at radius 1 is 1.32 bits per heavy atom. The van der Waals surface area contributed by atoms with E-state index < -0.39 is 30.1 Å². The van der Waals surface area contributed by atoms with Gasteiger partial charge in [-0.1, -0.05) is 13.8 Å². The van der Waals surface area contributed by atoms with Crippen molar-refractivity contribution in [3.05, 3.63) is 0 Å². The van der Waals surface area contributed by atoms with Crippen LogP contribution in [-0.2, 0) is 14.3 Å². The van der Waals surface area contributed by atoms with Gasteiger partial charge < -0.3 is 26.2 Å². The minimum Gasteiger partial charge on any atom is -0.479 e. The number of ether oxygens (including phenoxy) is 1. The molecule has 0 aliphatic carbocycles. The number of carbonyl (C=O) groups is 3. The van der Waals surface area contributed by atoms with Crippen LogP contribution < -0.4 is 16.4 Å². The van der Waals surface area contributed by atoms with Gasteiger partial charge in [0, 0.05) is 7.11 Å².